The molecule has 4 heterocycles. The molecule has 0 amide bonds. The van der Waals surface area contributed by atoms with E-state index in [9.17, 15) is 10.1 Å². The molecule has 10 heteroatoms. The zero-order chi connectivity index (χ0) is 29.4. The van der Waals surface area contributed by atoms with Crippen molar-refractivity contribution in [2.24, 2.45) is 0 Å². The normalized spacial score (nSPS) is 16.5. The molecule has 0 unspecified atom stereocenters. The lowest BCUT2D eigenvalue weighted by atomic mass is 9.96. The molecule has 6 rings (SSSR count). The van der Waals surface area contributed by atoms with E-state index in [1.807, 2.05) is 36.7 Å². The largest absolute Gasteiger partial charge is 0.351 e. The van der Waals surface area contributed by atoms with E-state index < -0.39 is 0 Å². The van der Waals surface area contributed by atoms with Gasteiger partial charge in [0.1, 0.15) is 5.82 Å². The number of aryl methyl sites for hydroxylation is 2. The number of rotatable bonds is 7. The third-order valence-corrected chi connectivity index (χ3v) is 8.75. The molecule has 1 aliphatic heterocycles. The number of nitrogens with one attached hydrogen (secondary N) is 1. The highest BCUT2D eigenvalue weighted by molar-refractivity contribution is 7.99. The molecule has 210 valence electrons. The fourth-order valence-electron chi connectivity index (χ4n) is 5.48. The molecule has 5 aromatic rings. The Morgan fingerprint density at radius 1 is 0.905 bits per heavy atom. The Morgan fingerprint density at radius 3 is 2.26 bits per heavy atom. The highest BCUT2D eigenvalue weighted by Crippen LogP contribution is 2.44. The fourth-order valence-corrected chi connectivity index (χ4v) is 6.64. The monoisotopic (exact) mass is 592 g/mol. The van der Waals surface area contributed by atoms with Gasteiger partial charge in [0.15, 0.2) is 5.11 Å². The Hall–Kier alpha value is -4.54. The van der Waals surface area contributed by atoms with Gasteiger partial charge < -0.3 is 14.8 Å². The van der Waals surface area contributed by atoms with Crippen LogP contribution in [0, 0.1) is 30.9 Å². The molecule has 1 N–H and O–H groups in total. The van der Waals surface area contributed by atoms with Gasteiger partial charge in [-0.15, -0.1) is 0 Å². The van der Waals surface area contributed by atoms with Gasteiger partial charge >= 0.3 is 0 Å². The van der Waals surface area contributed by atoms with Crippen LogP contribution in [0.3, 0.4) is 0 Å². The lowest BCUT2D eigenvalue weighted by molar-refractivity contribution is -0.384. The van der Waals surface area contributed by atoms with E-state index in [0.717, 1.165) is 49.5 Å². The maximum atomic E-state index is 11.0. The number of aromatic nitrogens is 3. The van der Waals surface area contributed by atoms with Crippen molar-refractivity contribution in [2.45, 2.75) is 42.6 Å². The van der Waals surface area contributed by atoms with Gasteiger partial charge in [0, 0.05) is 51.4 Å². The van der Waals surface area contributed by atoms with Crippen LogP contribution in [0.5, 0.6) is 0 Å². The summed E-state index contributed by atoms with van der Waals surface area (Å²) in [6.45, 7) is 6.30. The average molecular weight is 593 g/mol. The van der Waals surface area contributed by atoms with Gasteiger partial charge in [-0.25, -0.2) is 4.98 Å². The summed E-state index contributed by atoms with van der Waals surface area (Å²) in [5.74, 6) is 0.887. The number of nitrogens with zero attached hydrogens (tertiary/aromatic N) is 5. The molecule has 0 bridgehead atoms. The molecule has 0 radical (unpaired) electrons. The number of benzene rings is 2. The zero-order valence-electron chi connectivity index (χ0n) is 23.3. The Balaban J connectivity index is 1.37. The van der Waals surface area contributed by atoms with Crippen molar-refractivity contribution in [3.63, 3.8) is 0 Å². The van der Waals surface area contributed by atoms with E-state index in [1.165, 1.54) is 12.1 Å². The van der Waals surface area contributed by atoms with Crippen molar-refractivity contribution in [3.8, 4) is 5.82 Å². The Labute approximate surface area is 253 Å². The SMILES string of the molecule is Cc1ccnc(-n2c(C)cc([C@H]3[C@H](c4ccccn4)NC(=S)N3c3ccc(Sc4ccc([N+](=O)[O-])cc4)cc3)c2C)c1. The number of non-ortho nitro benzene ring substituents is 1. The van der Waals surface area contributed by atoms with Gasteiger partial charge in [-0.3, -0.25) is 15.1 Å². The smallest absolute Gasteiger partial charge is 0.269 e. The summed E-state index contributed by atoms with van der Waals surface area (Å²) in [4.78, 5) is 24.1. The van der Waals surface area contributed by atoms with Crippen molar-refractivity contribution >= 4 is 40.5 Å². The second-order valence-electron chi connectivity index (χ2n) is 10.2. The summed E-state index contributed by atoms with van der Waals surface area (Å²) in [5, 5.41) is 15.2. The van der Waals surface area contributed by atoms with E-state index >= 15 is 0 Å². The quantitative estimate of drug-likeness (QED) is 0.119. The molecule has 2 atom stereocenters. The number of anilines is 1. The lowest BCUT2D eigenvalue weighted by Gasteiger charge is -2.28. The number of thiocarbonyl (C=S) groups is 1. The minimum Gasteiger partial charge on any atom is -0.351 e. The molecular weight excluding hydrogens is 565 g/mol. The van der Waals surface area contributed by atoms with Crippen LogP contribution in [-0.4, -0.2) is 24.6 Å². The Bertz CT molecular complexity index is 1770. The van der Waals surface area contributed by atoms with Gasteiger partial charge in [-0.05, 0) is 111 Å². The van der Waals surface area contributed by atoms with Crippen molar-refractivity contribution in [1.29, 1.82) is 0 Å². The van der Waals surface area contributed by atoms with Crippen LogP contribution >= 0.6 is 24.0 Å². The first kappa shape index (κ1) is 27.6. The number of nitro groups is 1. The maximum Gasteiger partial charge on any atom is 0.269 e. The molecule has 0 saturated carbocycles. The second kappa shape index (κ2) is 11.4. The Kier molecular flexibility index (Phi) is 7.49. The predicted molar refractivity (Wildman–Crippen MR) is 169 cm³/mol. The highest BCUT2D eigenvalue weighted by Gasteiger charge is 2.42. The van der Waals surface area contributed by atoms with Crippen LogP contribution < -0.4 is 10.2 Å². The molecule has 3 aromatic heterocycles. The number of pyridine rings is 2. The van der Waals surface area contributed by atoms with Crippen LogP contribution in [0.25, 0.3) is 5.82 Å². The predicted octanol–water partition coefficient (Wildman–Crippen LogP) is 7.43. The first-order valence-corrected chi connectivity index (χ1v) is 14.7. The van der Waals surface area contributed by atoms with Gasteiger partial charge in [-0.1, -0.05) is 17.8 Å². The molecule has 1 fully saturated rings. The molecule has 0 aliphatic carbocycles. The second-order valence-corrected chi connectivity index (χ2v) is 11.7. The van der Waals surface area contributed by atoms with Crippen LogP contribution in [0.4, 0.5) is 11.4 Å². The van der Waals surface area contributed by atoms with Gasteiger partial charge in [0.05, 0.1) is 22.7 Å². The molecular formula is C32H28N6O2S2. The van der Waals surface area contributed by atoms with Gasteiger partial charge in [0.2, 0.25) is 0 Å². The van der Waals surface area contributed by atoms with Crippen LogP contribution in [0.1, 0.15) is 40.3 Å². The van der Waals surface area contributed by atoms with Crippen molar-refractivity contribution in [3.05, 3.63) is 136 Å². The van der Waals surface area contributed by atoms with Crippen molar-refractivity contribution < 1.29 is 4.92 Å². The van der Waals surface area contributed by atoms with Crippen LogP contribution in [0.15, 0.2) is 107 Å². The standard InChI is InChI=1S/C32H28N6O2S2/c1-20-15-17-34-29(18-20)36-21(2)19-27(22(36)3)31-30(28-6-4-5-16-33-28)35-32(41)37(31)23-7-11-25(12-8-23)42-26-13-9-24(10-14-26)38(39)40/h4-19,30-31H,1-3H3,(H,35,41)/t30-,31-/m0/s1. The van der Waals surface area contributed by atoms with Gasteiger partial charge in [-0.2, -0.15) is 0 Å². The summed E-state index contributed by atoms with van der Waals surface area (Å²) in [6.07, 6.45) is 3.65. The first-order chi connectivity index (χ1) is 20.3. The van der Waals surface area contributed by atoms with E-state index in [4.69, 9.17) is 17.2 Å². The van der Waals surface area contributed by atoms with Crippen LogP contribution in [-0.2, 0) is 0 Å². The summed E-state index contributed by atoms with van der Waals surface area (Å²) in [5.41, 5.74) is 6.43. The van der Waals surface area contributed by atoms with Gasteiger partial charge in [0.25, 0.3) is 5.69 Å². The minimum absolute atomic E-state index is 0.0794. The van der Waals surface area contributed by atoms with Crippen LogP contribution in [0.2, 0.25) is 0 Å². The third kappa shape index (κ3) is 5.26. The lowest BCUT2D eigenvalue weighted by Crippen LogP contribution is -2.29. The molecule has 1 saturated heterocycles. The molecule has 1 aliphatic rings. The fraction of sp³-hybridized carbons (Fsp3) is 0.156. The number of nitro benzene ring substituents is 1. The number of hydrogen-bond donors (Lipinski definition) is 1. The molecule has 2 aromatic carbocycles. The molecule has 8 nitrogen and oxygen atoms in total. The maximum absolute atomic E-state index is 11.0. The highest BCUT2D eigenvalue weighted by atomic mass is 32.2. The summed E-state index contributed by atoms with van der Waals surface area (Å²) >= 11 is 7.50. The first-order valence-electron chi connectivity index (χ1n) is 13.4. The molecule has 42 heavy (non-hydrogen) atoms. The zero-order valence-corrected chi connectivity index (χ0v) is 24.9. The average Bonchev–Trinajstić information content (AvgIpc) is 3.48. The third-order valence-electron chi connectivity index (χ3n) is 7.42. The summed E-state index contributed by atoms with van der Waals surface area (Å²) in [7, 11) is 0. The van der Waals surface area contributed by atoms with E-state index in [1.54, 1.807) is 23.9 Å². The van der Waals surface area contributed by atoms with E-state index in [-0.39, 0.29) is 22.7 Å². The van der Waals surface area contributed by atoms with E-state index in [0.29, 0.717) is 5.11 Å². The summed E-state index contributed by atoms with van der Waals surface area (Å²) < 4.78 is 2.20. The Morgan fingerprint density at radius 2 is 1.62 bits per heavy atom. The van der Waals surface area contributed by atoms with Crippen molar-refractivity contribution in [2.75, 3.05) is 4.90 Å². The topological polar surface area (TPSA) is 89.1 Å². The van der Waals surface area contributed by atoms with E-state index in [2.05, 4.69) is 76.9 Å². The molecule has 0 spiro atoms. The van der Waals surface area contributed by atoms with Crippen molar-refractivity contribution in [1.82, 2.24) is 19.9 Å². The summed E-state index contributed by atoms with van der Waals surface area (Å²) in [6, 6.07) is 26.8. The minimum atomic E-state index is -0.389. The number of hydrogen-bond acceptors (Lipinski definition) is 6.